The molecule has 0 radical (unpaired) electrons. The molecule has 2 aromatic rings. The number of ether oxygens (including phenoxy) is 1. The van der Waals surface area contributed by atoms with E-state index in [1.807, 2.05) is 7.11 Å². The fraction of sp³-hybridized carbons (Fsp3) is 0.657. The van der Waals surface area contributed by atoms with Crippen LogP contribution in [0.3, 0.4) is 0 Å². The summed E-state index contributed by atoms with van der Waals surface area (Å²) in [5.74, 6) is 2.42. The second-order valence-electron chi connectivity index (χ2n) is 15.0. The minimum atomic E-state index is -1.94. The maximum Gasteiger partial charge on any atom is 0.161 e. The van der Waals surface area contributed by atoms with Crippen molar-refractivity contribution in [3.8, 4) is 16.9 Å². The van der Waals surface area contributed by atoms with Gasteiger partial charge in [-0.15, -0.1) is 0 Å². The first kappa shape index (κ1) is 31.9. The van der Waals surface area contributed by atoms with Crippen LogP contribution in [0.5, 0.6) is 5.75 Å². The minimum absolute atomic E-state index is 0.0766. The van der Waals surface area contributed by atoms with Gasteiger partial charge in [0.2, 0.25) is 0 Å². The van der Waals surface area contributed by atoms with Gasteiger partial charge in [-0.3, -0.25) is 0 Å². The van der Waals surface area contributed by atoms with Gasteiger partial charge in [-0.25, -0.2) is 0 Å². The van der Waals surface area contributed by atoms with Crippen LogP contribution in [0.1, 0.15) is 144 Å². The maximum absolute atomic E-state index is 6.34. The van der Waals surface area contributed by atoms with Crippen molar-refractivity contribution in [2.45, 2.75) is 144 Å². The van der Waals surface area contributed by atoms with E-state index in [0.29, 0.717) is 17.8 Å². The number of rotatable bonds is 6. The summed E-state index contributed by atoms with van der Waals surface area (Å²) in [6.45, 7) is 38.8. The van der Waals surface area contributed by atoms with Gasteiger partial charge in [0.05, 0.1) is 29.8 Å². The third-order valence-electron chi connectivity index (χ3n) is 8.31. The zero-order chi connectivity index (χ0) is 28.9. The van der Waals surface area contributed by atoms with E-state index in [1.54, 1.807) is 0 Å². The molecule has 0 N–H and O–H groups in total. The van der Waals surface area contributed by atoms with Gasteiger partial charge in [0.15, 0.2) is 5.75 Å². The largest absolute Gasteiger partial charge is 0.493 e. The van der Waals surface area contributed by atoms with Crippen molar-refractivity contribution in [3.05, 3.63) is 46.5 Å². The third-order valence-corrected chi connectivity index (χ3v) is 15.5. The van der Waals surface area contributed by atoms with Crippen LogP contribution < -0.4 is 10.0 Å². The van der Waals surface area contributed by atoms with Gasteiger partial charge in [0, 0.05) is 5.56 Å². The number of benzene rings is 2. The fourth-order valence-electron chi connectivity index (χ4n) is 7.76. The van der Waals surface area contributed by atoms with Crippen LogP contribution in [0.2, 0.25) is 0 Å². The Morgan fingerprint density at radius 2 is 1.03 bits per heavy atom. The smallest absolute Gasteiger partial charge is 0.161 e. The zero-order valence-corrected chi connectivity index (χ0v) is 28.3. The Kier molecular flexibility index (Phi) is 9.20. The molecule has 0 bridgehead atoms. The predicted molar refractivity (Wildman–Crippen MR) is 171 cm³/mol. The first-order chi connectivity index (χ1) is 16.6. The van der Waals surface area contributed by atoms with Crippen LogP contribution in [-0.2, 0) is 0 Å². The maximum atomic E-state index is 6.34. The monoisotopic (exact) mass is 525 g/mol. The standard InChI is InChI=1S/C35H58OP/c1-22(2)26-20-27(23(3)4)31(28(21-26)24(5)6)30-25(7)18-19-29(36-17)32(30)37(33(8,9)10,34(11,12)13)35(14,15)16/h18-24H,1-17H3/q+1. The summed E-state index contributed by atoms with van der Waals surface area (Å²) in [5.41, 5.74) is 8.66. The van der Waals surface area contributed by atoms with Crippen molar-refractivity contribution < 1.29 is 4.74 Å². The molecule has 0 unspecified atom stereocenters. The van der Waals surface area contributed by atoms with Crippen LogP contribution in [0.15, 0.2) is 24.3 Å². The normalized spacial score (nSPS) is 13.7. The van der Waals surface area contributed by atoms with Crippen molar-refractivity contribution >= 4 is 12.6 Å². The van der Waals surface area contributed by atoms with E-state index >= 15 is 0 Å². The lowest BCUT2D eigenvalue weighted by Gasteiger charge is -2.55. The lowest BCUT2D eigenvalue weighted by Crippen LogP contribution is -2.50. The Balaban J connectivity index is 3.43. The highest BCUT2D eigenvalue weighted by molar-refractivity contribution is 7.87. The van der Waals surface area contributed by atoms with Gasteiger partial charge in [0.1, 0.15) is 5.30 Å². The Morgan fingerprint density at radius 1 is 0.622 bits per heavy atom. The molecule has 2 rings (SSSR count). The SMILES string of the molecule is COc1ccc(C)c(-c2c(C(C)C)cc(C(C)C)cc2C(C)C)c1[P+](C(C)(C)C)(C(C)(C)C)C(C)(C)C. The van der Waals surface area contributed by atoms with Gasteiger partial charge in [0.25, 0.3) is 0 Å². The summed E-state index contributed by atoms with van der Waals surface area (Å²) >= 11 is 0. The Bertz CT molecular complexity index is 1030. The minimum Gasteiger partial charge on any atom is -0.493 e. The van der Waals surface area contributed by atoms with Crippen molar-refractivity contribution in [2.75, 3.05) is 7.11 Å². The lowest BCUT2D eigenvalue weighted by molar-refractivity contribution is 0.417. The van der Waals surface area contributed by atoms with E-state index in [4.69, 9.17) is 4.74 Å². The lowest BCUT2D eigenvalue weighted by atomic mass is 9.80. The van der Waals surface area contributed by atoms with Gasteiger partial charge in [-0.1, -0.05) is 59.7 Å². The molecule has 0 aromatic heterocycles. The molecule has 0 aliphatic heterocycles. The molecule has 208 valence electrons. The topological polar surface area (TPSA) is 9.23 Å². The number of aryl methyl sites for hydroxylation is 1. The zero-order valence-electron chi connectivity index (χ0n) is 27.4. The molecule has 0 amide bonds. The first-order valence-corrected chi connectivity index (χ1v) is 16.2. The molecule has 0 fully saturated rings. The second kappa shape index (κ2) is 10.7. The quantitative estimate of drug-likeness (QED) is 0.341. The first-order valence-electron chi connectivity index (χ1n) is 14.4. The molecule has 2 aromatic carbocycles. The summed E-state index contributed by atoms with van der Waals surface area (Å²) in [6.07, 6.45) is 0. The third kappa shape index (κ3) is 5.41. The van der Waals surface area contributed by atoms with Crippen LogP contribution in [-0.4, -0.2) is 22.6 Å². The van der Waals surface area contributed by atoms with Crippen molar-refractivity contribution in [3.63, 3.8) is 0 Å². The van der Waals surface area contributed by atoms with Crippen LogP contribution in [0.4, 0.5) is 0 Å². The van der Waals surface area contributed by atoms with E-state index in [9.17, 15) is 0 Å². The van der Waals surface area contributed by atoms with Gasteiger partial charge >= 0.3 is 0 Å². The number of hydrogen-bond acceptors (Lipinski definition) is 1. The molecule has 0 aliphatic carbocycles. The van der Waals surface area contributed by atoms with Crippen molar-refractivity contribution in [2.24, 2.45) is 0 Å². The molecule has 1 nitrogen and oxygen atoms in total. The Morgan fingerprint density at radius 3 is 1.32 bits per heavy atom. The molecular formula is C35H58OP+. The van der Waals surface area contributed by atoms with Crippen molar-refractivity contribution in [1.29, 1.82) is 0 Å². The molecule has 37 heavy (non-hydrogen) atoms. The summed E-state index contributed by atoms with van der Waals surface area (Å²) in [4.78, 5) is 0. The van der Waals surface area contributed by atoms with Gasteiger partial charge < -0.3 is 4.74 Å². The Hall–Kier alpha value is -1.33. The van der Waals surface area contributed by atoms with Crippen molar-refractivity contribution in [1.82, 2.24) is 0 Å². The molecule has 0 heterocycles. The molecule has 0 saturated heterocycles. The summed E-state index contributed by atoms with van der Waals surface area (Å²) in [7, 11) is -0.0701. The van der Waals surface area contributed by atoms with Crippen LogP contribution >= 0.6 is 7.26 Å². The predicted octanol–water partition coefficient (Wildman–Crippen LogP) is 11.1. The number of hydrogen-bond donors (Lipinski definition) is 0. The van der Waals surface area contributed by atoms with E-state index < -0.39 is 7.26 Å². The van der Waals surface area contributed by atoms with Gasteiger partial charge in [-0.2, -0.15) is 0 Å². The summed E-state index contributed by atoms with van der Waals surface area (Å²) in [6, 6.07) is 9.55. The molecular weight excluding hydrogens is 467 g/mol. The van der Waals surface area contributed by atoms with Crippen LogP contribution in [0, 0.1) is 6.92 Å². The Labute approximate surface area is 231 Å². The van der Waals surface area contributed by atoms with E-state index in [2.05, 4.69) is 135 Å². The molecule has 0 saturated carbocycles. The highest BCUT2D eigenvalue weighted by Crippen LogP contribution is 2.83. The fourth-order valence-corrected chi connectivity index (χ4v) is 16.9. The van der Waals surface area contributed by atoms with E-state index in [-0.39, 0.29) is 15.5 Å². The molecule has 0 aliphatic rings. The highest BCUT2D eigenvalue weighted by Gasteiger charge is 2.68. The van der Waals surface area contributed by atoms with E-state index in [0.717, 1.165) is 5.75 Å². The summed E-state index contributed by atoms with van der Waals surface area (Å²) < 4.78 is 6.34. The molecule has 0 spiro atoms. The highest BCUT2D eigenvalue weighted by atomic mass is 31.2. The number of methoxy groups -OCH3 is 1. The summed E-state index contributed by atoms with van der Waals surface area (Å²) in [5, 5.41) is 1.72. The average molecular weight is 526 g/mol. The average Bonchev–Trinajstić information content (AvgIpc) is 2.70. The van der Waals surface area contributed by atoms with Gasteiger partial charge in [-0.05, 0) is 121 Å². The molecule has 2 heteroatoms. The van der Waals surface area contributed by atoms with E-state index in [1.165, 1.54) is 38.7 Å². The molecule has 0 atom stereocenters. The second-order valence-corrected chi connectivity index (χ2v) is 20.8. The van der Waals surface area contributed by atoms with Crippen LogP contribution in [0.25, 0.3) is 11.1 Å².